The maximum Gasteiger partial charge on any atom is 0.236 e. The molecule has 0 saturated carbocycles. The highest BCUT2D eigenvalue weighted by Crippen LogP contribution is 2.25. The number of piperazine rings is 1. The van der Waals surface area contributed by atoms with Crippen molar-refractivity contribution in [2.75, 3.05) is 52.5 Å². The van der Waals surface area contributed by atoms with Crippen molar-refractivity contribution in [2.45, 2.75) is 13.0 Å². The number of rotatable bonds is 3. The van der Waals surface area contributed by atoms with Crippen LogP contribution in [0.15, 0.2) is 30.3 Å². The van der Waals surface area contributed by atoms with Crippen LogP contribution in [-0.4, -0.2) is 79.0 Å². The number of hydrogen-bond donors (Lipinski definition) is 0. The smallest absolute Gasteiger partial charge is 0.236 e. The fourth-order valence-electron chi connectivity index (χ4n) is 3.42. The predicted molar refractivity (Wildman–Crippen MR) is 90.4 cm³/mol. The molecular weight excluding hydrogens is 306 g/mol. The first kappa shape index (κ1) is 16.9. The van der Waals surface area contributed by atoms with Gasteiger partial charge in [-0.05, 0) is 5.56 Å². The number of ether oxygens (including phenoxy) is 1. The molecule has 2 aliphatic rings. The number of benzene rings is 1. The zero-order valence-electron chi connectivity index (χ0n) is 14.2. The van der Waals surface area contributed by atoms with E-state index in [9.17, 15) is 9.59 Å². The van der Waals surface area contributed by atoms with Gasteiger partial charge in [-0.25, -0.2) is 0 Å². The molecule has 0 aromatic heterocycles. The minimum absolute atomic E-state index is 0.00920. The Hall–Kier alpha value is -1.92. The molecule has 1 atom stereocenters. The molecule has 6 nitrogen and oxygen atoms in total. The lowest BCUT2D eigenvalue weighted by atomic mass is 10.0. The lowest BCUT2D eigenvalue weighted by Gasteiger charge is -2.41. The molecule has 1 aromatic rings. The summed E-state index contributed by atoms with van der Waals surface area (Å²) in [5, 5.41) is 0. The largest absolute Gasteiger partial charge is 0.378 e. The third-order valence-corrected chi connectivity index (χ3v) is 4.78. The molecule has 2 aliphatic heterocycles. The summed E-state index contributed by atoms with van der Waals surface area (Å²) in [6, 6.07) is 10.1. The van der Waals surface area contributed by atoms with Gasteiger partial charge in [0, 0.05) is 39.6 Å². The molecule has 0 aliphatic carbocycles. The van der Waals surface area contributed by atoms with Gasteiger partial charge in [0.15, 0.2) is 0 Å². The van der Waals surface area contributed by atoms with Crippen LogP contribution in [0.2, 0.25) is 0 Å². The Labute approximate surface area is 143 Å². The van der Waals surface area contributed by atoms with Crippen LogP contribution in [0.4, 0.5) is 0 Å². The first-order valence-electron chi connectivity index (χ1n) is 8.55. The van der Waals surface area contributed by atoms with Gasteiger partial charge in [0.1, 0.15) is 0 Å². The highest BCUT2D eigenvalue weighted by atomic mass is 16.5. The van der Waals surface area contributed by atoms with Crippen LogP contribution >= 0.6 is 0 Å². The molecule has 2 saturated heterocycles. The summed E-state index contributed by atoms with van der Waals surface area (Å²) in [7, 11) is 0. The SMILES string of the molecule is CC(=O)N1CCN(CC(=O)N2CCOCC2)CC1c1ccccc1. The normalized spacial score (nSPS) is 22.5. The van der Waals surface area contributed by atoms with Crippen LogP contribution in [0.25, 0.3) is 0 Å². The third kappa shape index (κ3) is 3.94. The molecule has 0 N–H and O–H groups in total. The van der Waals surface area contributed by atoms with Crippen molar-refractivity contribution in [1.29, 1.82) is 0 Å². The van der Waals surface area contributed by atoms with E-state index in [4.69, 9.17) is 4.74 Å². The number of amides is 2. The van der Waals surface area contributed by atoms with Crippen LogP contribution in [0.3, 0.4) is 0 Å². The van der Waals surface area contributed by atoms with Crippen molar-refractivity contribution in [3.8, 4) is 0 Å². The minimum atomic E-state index is 0.00920. The molecule has 0 radical (unpaired) electrons. The Morgan fingerprint density at radius 3 is 2.46 bits per heavy atom. The molecule has 24 heavy (non-hydrogen) atoms. The highest BCUT2D eigenvalue weighted by Gasteiger charge is 2.31. The van der Waals surface area contributed by atoms with Crippen LogP contribution in [0.1, 0.15) is 18.5 Å². The van der Waals surface area contributed by atoms with Crippen molar-refractivity contribution < 1.29 is 14.3 Å². The van der Waals surface area contributed by atoms with Gasteiger partial charge in [-0.2, -0.15) is 0 Å². The Morgan fingerprint density at radius 1 is 1.08 bits per heavy atom. The number of nitrogens with zero attached hydrogens (tertiary/aromatic N) is 3. The van der Waals surface area contributed by atoms with Crippen molar-refractivity contribution in [3.63, 3.8) is 0 Å². The Balaban J connectivity index is 1.66. The summed E-state index contributed by atoms with van der Waals surface area (Å²) < 4.78 is 5.30. The highest BCUT2D eigenvalue weighted by molar-refractivity contribution is 5.78. The second-order valence-corrected chi connectivity index (χ2v) is 6.37. The van der Waals surface area contributed by atoms with Crippen LogP contribution in [0, 0.1) is 0 Å². The van der Waals surface area contributed by atoms with Gasteiger partial charge >= 0.3 is 0 Å². The topological polar surface area (TPSA) is 53.1 Å². The van der Waals surface area contributed by atoms with E-state index < -0.39 is 0 Å². The molecule has 0 spiro atoms. The Kier molecular flexibility index (Phi) is 5.48. The molecule has 1 unspecified atom stereocenters. The maximum absolute atomic E-state index is 12.5. The minimum Gasteiger partial charge on any atom is -0.378 e. The average molecular weight is 331 g/mol. The lowest BCUT2D eigenvalue weighted by Crippen LogP contribution is -2.53. The fraction of sp³-hybridized carbons (Fsp3) is 0.556. The third-order valence-electron chi connectivity index (χ3n) is 4.78. The first-order valence-corrected chi connectivity index (χ1v) is 8.55. The summed E-state index contributed by atoms with van der Waals surface area (Å²) >= 11 is 0. The van der Waals surface area contributed by atoms with E-state index in [1.165, 1.54) is 0 Å². The lowest BCUT2D eigenvalue weighted by molar-refractivity contribution is -0.139. The van der Waals surface area contributed by atoms with Gasteiger partial charge < -0.3 is 14.5 Å². The standard InChI is InChI=1S/C18H25N3O3/c1-15(22)21-8-7-19(13-17(21)16-5-3-2-4-6-16)14-18(23)20-9-11-24-12-10-20/h2-6,17H,7-14H2,1H3. The summed E-state index contributed by atoms with van der Waals surface area (Å²) in [5.41, 5.74) is 1.12. The van der Waals surface area contributed by atoms with Crippen molar-refractivity contribution in [3.05, 3.63) is 35.9 Å². The predicted octanol–water partition coefficient (Wildman–Crippen LogP) is 0.751. The number of hydrogen-bond acceptors (Lipinski definition) is 4. The molecule has 2 fully saturated rings. The number of carbonyl (C=O) groups excluding carboxylic acids is 2. The van der Waals surface area contributed by atoms with Gasteiger partial charge in [-0.3, -0.25) is 14.5 Å². The molecule has 130 valence electrons. The molecule has 6 heteroatoms. The monoisotopic (exact) mass is 331 g/mol. The van der Waals surface area contributed by atoms with Crippen molar-refractivity contribution >= 4 is 11.8 Å². The van der Waals surface area contributed by atoms with Gasteiger partial charge in [-0.15, -0.1) is 0 Å². The molecule has 0 bridgehead atoms. The van der Waals surface area contributed by atoms with E-state index in [0.717, 1.165) is 12.1 Å². The Morgan fingerprint density at radius 2 is 1.79 bits per heavy atom. The summed E-state index contributed by atoms with van der Waals surface area (Å²) in [5.74, 6) is 0.240. The number of carbonyl (C=O) groups is 2. The van der Waals surface area contributed by atoms with E-state index in [2.05, 4.69) is 4.90 Å². The van der Waals surface area contributed by atoms with Gasteiger partial charge in [0.2, 0.25) is 11.8 Å². The summed E-state index contributed by atoms with van der Waals surface area (Å²) in [6.45, 7) is 6.71. The van der Waals surface area contributed by atoms with E-state index >= 15 is 0 Å². The second-order valence-electron chi connectivity index (χ2n) is 6.37. The first-order chi connectivity index (χ1) is 11.6. The van der Waals surface area contributed by atoms with Crippen molar-refractivity contribution in [2.24, 2.45) is 0 Å². The van der Waals surface area contributed by atoms with E-state index in [1.54, 1.807) is 6.92 Å². The zero-order valence-corrected chi connectivity index (χ0v) is 14.2. The fourth-order valence-corrected chi connectivity index (χ4v) is 3.42. The van der Waals surface area contributed by atoms with Gasteiger partial charge in [0.05, 0.1) is 25.8 Å². The van der Waals surface area contributed by atoms with E-state index in [-0.39, 0.29) is 17.9 Å². The van der Waals surface area contributed by atoms with Gasteiger partial charge in [-0.1, -0.05) is 30.3 Å². The molecular formula is C18H25N3O3. The van der Waals surface area contributed by atoms with Crippen LogP contribution in [-0.2, 0) is 14.3 Å². The van der Waals surface area contributed by atoms with E-state index in [1.807, 2.05) is 40.1 Å². The summed E-state index contributed by atoms with van der Waals surface area (Å²) in [6.07, 6.45) is 0. The zero-order chi connectivity index (χ0) is 16.9. The Bertz CT molecular complexity index is 572. The van der Waals surface area contributed by atoms with E-state index in [0.29, 0.717) is 45.9 Å². The van der Waals surface area contributed by atoms with Crippen LogP contribution in [0.5, 0.6) is 0 Å². The molecule has 2 heterocycles. The van der Waals surface area contributed by atoms with Crippen LogP contribution < -0.4 is 0 Å². The average Bonchev–Trinajstić information content (AvgIpc) is 2.63. The molecule has 1 aromatic carbocycles. The van der Waals surface area contributed by atoms with Gasteiger partial charge in [0.25, 0.3) is 0 Å². The quantitative estimate of drug-likeness (QED) is 0.820. The summed E-state index contributed by atoms with van der Waals surface area (Å²) in [4.78, 5) is 30.4. The molecule has 3 rings (SSSR count). The second kappa shape index (κ2) is 7.77. The molecule has 2 amide bonds. The number of morpholine rings is 1. The van der Waals surface area contributed by atoms with Crippen molar-refractivity contribution in [1.82, 2.24) is 14.7 Å². The maximum atomic E-state index is 12.5.